The van der Waals surface area contributed by atoms with E-state index in [1.807, 2.05) is 13.1 Å². The van der Waals surface area contributed by atoms with Gasteiger partial charge in [0.25, 0.3) is 0 Å². The smallest absolute Gasteiger partial charge is 0.146 e. The fraction of sp³-hybridized carbons (Fsp3) is 0.600. The molecule has 3 heteroatoms. The van der Waals surface area contributed by atoms with Gasteiger partial charge in [-0.1, -0.05) is 12.1 Å². The molecule has 0 unspecified atom stereocenters. The molecule has 0 aromatic heterocycles. The van der Waals surface area contributed by atoms with Gasteiger partial charge in [-0.25, -0.2) is 4.39 Å². The Morgan fingerprint density at radius 3 is 2.56 bits per heavy atom. The number of rotatable bonds is 4. The van der Waals surface area contributed by atoms with E-state index in [1.165, 1.54) is 12.8 Å². The van der Waals surface area contributed by atoms with Crippen LogP contribution >= 0.6 is 0 Å². The Balaban J connectivity index is 2.20. The maximum atomic E-state index is 14.0. The summed E-state index contributed by atoms with van der Waals surface area (Å²) >= 11 is 0. The Bertz CT molecular complexity index is 419. The van der Waals surface area contributed by atoms with Crippen LogP contribution in [0.1, 0.15) is 39.2 Å². The molecule has 0 spiro atoms. The van der Waals surface area contributed by atoms with Crippen LogP contribution in [0.4, 0.5) is 10.1 Å². The van der Waals surface area contributed by atoms with Gasteiger partial charge in [0.2, 0.25) is 0 Å². The Hall–Kier alpha value is -1.09. The molecule has 2 nitrogen and oxygen atoms in total. The van der Waals surface area contributed by atoms with Gasteiger partial charge >= 0.3 is 0 Å². The third-order valence-electron chi connectivity index (χ3n) is 3.33. The lowest BCUT2D eigenvalue weighted by atomic mass is 10.1. The zero-order chi connectivity index (χ0) is 13.3. The SMILES string of the molecule is CN(c1c(F)cccc1CNC(C)(C)C)C1CC1. The molecule has 1 N–H and O–H groups in total. The average Bonchev–Trinajstić information content (AvgIpc) is 3.08. The lowest BCUT2D eigenvalue weighted by Gasteiger charge is -2.26. The summed E-state index contributed by atoms with van der Waals surface area (Å²) in [5.41, 5.74) is 1.85. The lowest BCUT2D eigenvalue weighted by Crippen LogP contribution is -2.35. The summed E-state index contributed by atoms with van der Waals surface area (Å²) in [6.07, 6.45) is 2.36. The molecule has 100 valence electrons. The molecule has 1 fully saturated rings. The molecule has 0 aliphatic heterocycles. The molecule has 0 bridgehead atoms. The summed E-state index contributed by atoms with van der Waals surface area (Å²) in [6.45, 7) is 7.07. The van der Waals surface area contributed by atoms with Crippen LogP contribution < -0.4 is 10.2 Å². The van der Waals surface area contributed by atoms with Gasteiger partial charge in [-0.05, 0) is 45.2 Å². The molecular formula is C15H23FN2. The van der Waals surface area contributed by atoms with E-state index < -0.39 is 0 Å². The first-order valence-electron chi connectivity index (χ1n) is 6.64. The Labute approximate surface area is 109 Å². The number of para-hydroxylation sites is 1. The van der Waals surface area contributed by atoms with Crippen LogP contribution in [0.5, 0.6) is 0 Å². The van der Waals surface area contributed by atoms with E-state index in [9.17, 15) is 4.39 Å². The van der Waals surface area contributed by atoms with Crippen molar-refractivity contribution in [2.45, 2.75) is 51.7 Å². The van der Waals surface area contributed by atoms with Gasteiger partial charge in [0, 0.05) is 25.2 Å². The third kappa shape index (κ3) is 3.22. The minimum atomic E-state index is -0.113. The highest BCUT2D eigenvalue weighted by molar-refractivity contribution is 5.56. The Morgan fingerprint density at radius 2 is 2.00 bits per heavy atom. The van der Waals surface area contributed by atoms with E-state index in [1.54, 1.807) is 12.1 Å². The highest BCUT2D eigenvalue weighted by Gasteiger charge is 2.29. The molecule has 1 aromatic rings. The van der Waals surface area contributed by atoms with Crippen LogP contribution in [0.15, 0.2) is 18.2 Å². The summed E-state index contributed by atoms with van der Waals surface area (Å²) in [4.78, 5) is 2.09. The van der Waals surface area contributed by atoms with E-state index >= 15 is 0 Å². The second-order valence-corrected chi connectivity index (χ2v) is 6.19. The maximum absolute atomic E-state index is 14.0. The quantitative estimate of drug-likeness (QED) is 0.882. The van der Waals surface area contributed by atoms with Crippen molar-refractivity contribution < 1.29 is 4.39 Å². The van der Waals surface area contributed by atoms with Crippen molar-refractivity contribution in [3.63, 3.8) is 0 Å². The van der Waals surface area contributed by atoms with Crippen LogP contribution in [0.25, 0.3) is 0 Å². The van der Waals surface area contributed by atoms with Crippen molar-refractivity contribution in [1.29, 1.82) is 0 Å². The second-order valence-electron chi connectivity index (χ2n) is 6.19. The molecule has 0 amide bonds. The molecule has 0 atom stereocenters. The largest absolute Gasteiger partial charge is 0.369 e. The number of hydrogen-bond donors (Lipinski definition) is 1. The van der Waals surface area contributed by atoms with Crippen molar-refractivity contribution in [2.24, 2.45) is 0 Å². The van der Waals surface area contributed by atoms with Crippen molar-refractivity contribution in [2.75, 3.05) is 11.9 Å². The second kappa shape index (κ2) is 4.88. The van der Waals surface area contributed by atoms with Gasteiger partial charge in [0.15, 0.2) is 0 Å². The fourth-order valence-corrected chi connectivity index (χ4v) is 2.10. The average molecular weight is 250 g/mol. The summed E-state index contributed by atoms with van der Waals surface area (Å²) in [5, 5.41) is 3.43. The molecular weight excluding hydrogens is 227 g/mol. The predicted octanol–water partition coefficient (Wildman–Crippen LogP) is 3.31. The molecule has 0 radical (unpaired) electrons. The molecule has 1 aliphatic carbocycles. The van der Waals surface area contributed by atoms with E-state index in [0.717, 1.165) is 11.3 Å². The first-order chi connectivity index (χ1) is 8.38. The molecule has 18 heavy (non-hydrogen) atoms. The molecule has 1 aliphatic rings. The van der Waals surface area contributed by atoms with Crippen LogP contribution in [0.3, 0.4) is 0 Å². The predicted molar refractivity (Wildman–Crippen MR) is 74.4 cm³/mol. The molecule has 1 saturated carbocycles. The summed E-state index contributed by atoms with van der Waals surface area (Å²) in [5.74, 6) is -0.113. The van der Waals surface area contributed by atoms with E-state index in [-0.39, 0.29) is 11.4 Å². The van der Waals surface area contributed by atoms with Crippen LogP contribution in [0, 0.1) is 5.82 Å². The van der Waals surface area contributed by atoms with Crippen LogP contribution in [-0.2, 0) is 6.54 Å². The number of benzene rings is 1. The van der Waals surface area contributed by atoms with Gasteiger partial charge in [0.1, 0.15) is 5.82 Å². The molecule has 0 heterocycles. The number of nitrogens with one attached hydrogen (secondary N) is 1. The highest BCUT2D eigenvalue weighted by atomic mass is 19.1. The monoisotopic (exact) mass is 250 g/mol. The highest BCUT2D eigenvalue weighted by Crippen LogP contribution is 2.34. The van der Waals surface area contributed by atoms with Gasteiger partial charge < -0.3 is 10.2 Å². The first-order valence-corrected chi connectivity index (χ1v) is 6.64. The van der Waals surface area contributed by atoms with E-state index in [2.05, 4.69) is 31.0 Å². The molecule has 0 saturated heterocycles. The van der Waals surface area contributed by atoms with Gasteiger partial charge in [-0.3, -0.25) is 0 Å². The van der Waals surface area contributed by atoms with Gasteiger partial charge in [0.05, 0.1) is 5.69 Å². The van der Waals surface area contributed by atoms with Crippen LogP contribution in [0.2, 0.25) is 0 Å². The normalized spacial score (nSPS) is 15.8. The van der Waals surface area contributed by atoms with Crippen molar-refractivity contribution >= 4 is 5.69 Å². The zero-order valence-electron chi connectivity index (χ0n) is 11.8. The van der Waals surface area contributed by atoms with Crippen molar-refractivity contribution in [3.8, 4) is 0 Å². The standard InChI is InChI=1S/C15H23FN2/c1-15(2,3)17-10-11-6-5-7-13(16)14(11)18(4)12-8-9-12/h5-7,12,17H,8-10H2,1-4H3. The Kier molecular flexibility index (Phi) is 3.62. The van der Waals surface area contributed by atoms with Crippen LogP contribution in [-0.4, -0.2) is 18.6 Å². The number of halogens is 1. The molecule has 1 aromatic carbocycles. The zero-order valence-corrected chi connectivity index (χ0v) is 11.8. The Morgan fingerprint density at radius 1 is 1.33 bits per heavy atom. The van der Waals surface area contributed by atoms with E-state index in [4.69, 9.17) is 0 Å². The van der Waals surface area contributed by atoms with Crippen molar-refractivity contribution in [1.82, 2.24) is 5.32 Å². The summed E-state index contributed by atoms with van der Waals surface area (Å²) in [7, 11) is 2.00. The number of nitrogens with zero attached hydrogens (tertiary/aromatic N) is 1. The van der Waals surface area contributed by atoms with Crippen molar-refractivity contribution in [3.05, 3.63) is 29.6 Å². The minimum Gasteiger partial charge on any atom is -0.369 e. The minimum absolute atomic E-state index is 0.0434. The number of hydrogen-bond acceptors (Lipinski definition) is 2. The topological polar surface area (TPSA) is 15.3 Å². The van der Waals surface area contributed by atoms with Gasteiger partial charge in [-0.2, -0.15) is 0 Å². The summed E-state index contributed by atoms with van der Waals surface area (Å²) < 4.78 is 14.0. The maximum Gasteiger partial charge on any atom is 0.146 e. The summed E-state index contributed by atoms with van der Waals surface area (Å²) in [6, 6.07) is 5.87. The number of anilines is 1. The first kappa shape index (κ1) is 13.3. The lowest BCUT2D eigenvalue weighted by molar-refractivity contribution is 0.423. The molecule has 2 rings (SSSR count). The van der Waals surface area contributed by atoms with E-state index in [0.29, 0.717) is 12.6 Å². The third-order valence-corrected chi connectivity index (χ3v) is 3.33. The fourth-order valence-electron chi connectivity index (χ4n) is 2.10. The van der Waals surface area contributed by atoms with Gasteiger partial charge in [-0.15, -0.1) is 0 Å².